The third kappa shape index (κ3) is 4.52. The zero-order valence-corrected chi connectivity index (χ0v) is 17.7. The van der Waals surface area contributed by atoms with Gasteiger partial charge in [0.15, 0.2) is 0 Å². The predicted molar refractivity (Wildman–Crippen MR) is 121 cm³/mol. The molecule has 0 spiro atoms. The van der Waals surface area contributed by atoms with Gasteiger partial charge in [-0.2, -0.15) is 0 Å². The molecule has 0 bridgehead atoms. The molecule has 0 unspecified atom stereocenters. The van der Waals surface area contributed by atoms with Crippen LogP contribution in [0.15, 0.2) is 66.7 Å². The van der Waals surface area contributed by atoms with Gasteiger partial charge in [0.2, 0.25) is 0 Å². The monoisotopic (exact) mass is 416 g/mol. The molecule has 0 aliphatic carbocycles. The summed E-state index contributed by atoms with van der Waals surface area (Å²) in [5.41, 5.74) is 6.15. The second-order valence-electron chi connectivity index (χ2n) is 7.96. The topological polar surface area (TPSA) is 54.3 Å². The van der Waals surface area contributed by atoms with E-state index in [2.05, 4.69) is 30.4 Å². The largest absolute Gasteiger partial charge is 0.477 e. The fourth-order valence-electron chi connectivity index (χ4n) is 4.05. The second-order valence-corrected chi connectivity index (χ2v) is 7.96. The van der Waals surface area contributed by atoms with E-state index in [1.165, 1.54) is 17.7 Å². The molecule has 4 rings (SSSR count). The van der Waals surface area contributed by atoms with Crippen molar-refractivity contribution in [1.29, 1.82) is 0 Å². The molecule has 0 fully saturated rings. The lowest BCUT2D eigenvalue weighted by Crippen LogP contribution is -2.17. The van der Waals surface area contributed by atoms with Gasteiger partial charge in [-0.15, -0.1) is 0 Å². The molecule has 4 nitrogen and oxygen atoms in total. The highest BCUT2D eigenvalue weighted by molar-refractivity contribution is 5.98. The molecule has 0 saturated heterocycles. The van der Waals surface area contributed by atoms with E-state index in [4.69, 9.17) is 0 Å². The Balaban J connectivity index is 1.72. The van der Waals surface area contributed by atoms with E-state index in [1.54, 1.807) is 12.1 Å². The van der Waals surface area contributed by atoms with E-state index < -0.39 is 5.97 Å². The maximum Gasteiger partial charge on any atom is 0.352 e. The highest BCUT2D eigenvalue weighted by Gasteiger charge is 2.22. The van der Waals surface area contributed by atoms with Gasteiger partial charge in [-0.25, -0.2) is 9.18 Å². The molecule has 0 atom stereocenters. The Labute approximate surface area is 181 Å². The van der Waals surface area contributed by atoms with Crippen molar-refractivity contribution in [3.63, 3.8) is 0 Å². The highest BCUT2D eigenvalue weighted by atomic mass is 19.1. The van der Waals surface area contributed by atoms with E-state index in [0.29, 0.717) is 19.6 Å². The molecule has 0 aliphatic heterocycles. The van der Waals surface area contributed by atoms with Crippen molar-refractivity contribution in [3.8, 4) is 0 Å². The van der Waals surface area contributed by atoms with Crippen LogP contribution in [-0.4, -0.2) is 15.6 Å². The SMILES string of the molecule is Cc1cccc(CNCc2c(C(=O)O)n(Cc3ccc(F)cc3)c3cc(C)ccc23)c1. The van der Waals surface area contributed by atoms with Crippen LogP contribution in [-0.2, 0) is 19.6 Å². The molecule has 158 valence electrons. The summed E-state index contributed by atoms with van der Waals surface area (Å²) in [7, 11) is 0. The number of hydrogen-bond donors (Lipinski definition) is 2. The number of hydrogen-bond acceptors (Lipinski definition) is 2. The molecule has 0 radical (unpaired) electrons. The van der Waals surface area contributed by atoms with E-state index >= 15 is 0 Å². The van der Waals surface area contributed by atoms with Crippen molar-refractivity contribution >= 4 is 16.9 Å². The van der Waals surface area contributed by atoms with Gasteiger partial charge in [0.1, 0.15) is 11.5 Å². The minimum atomic E-state index is -0.969. The number of carboxylic acid groups (broad SMARTS) is 1. The highest BCUT2D eigenvalue weighted by Crippen LogP contribution is 2.29. The Hall–Kier alpha value is -3.44. The predicted octanol–water partition coefficient (Wildman–Crippen LogP) is 5.43. The molecule has 4 aromatic rings. The Morgan fingerprint density at radius 1 is 0.935 bits per heavy atom. The summed E-state index contributed by atoms with van der Waals surface area (Å²) in [6, 6.07) is 20.4. The van der Waals surface area contributed by atoms with Crippen LogP contribution in [0.3, 0.4) is 0 Å². The lowest BCUT2D eigenvalue weighted by atomic mass is 10.1. The molecular formula is C26H25FN2O2. The van der Waals surface area contributed by atoms with Crippen LogP contribution in [0.1, 0.15) is 38.3 Å². The number of fused-ring (bicyclic) bond motifs is 1. The number of carbonyl (C=O) groups is 1. The first kappa shape index (κ1) is 20.8. The third-order valence-electron chi connectivity index (χ3n) is 5.49. The normalized spacial score (nSPS) is 11.2. The number of nitrogens with one attached hydrogen (secondary N) is 1. The third-order valence-corrected chi connectivity index (χ3v) is 5.49. The molecule has 3 aromatic carbocycles. The number of benzene rings is 3. The summed E-state index contributed by atoms with van der Waals surface area (Å²) in [6.45, 7) is 5.49. The molecule has 2 N–H and O–H groups in total. The standard InChI is InChI=1S/C26H25FN2O2/c1-17-4-3-5-20(12-17)14-28-15-23-22-11-6-18(2)13-24(22)29(25(23)26(30)31)16-19-7-9-21(27)10-8-19/h3-13,28H,14-16H2,1-2H3,(H,30,31). The van der Waals surface area contributed by atoms with Crippen molar-refractivity contribution in [1.82, 2.24) is 9.88 Å². The van der Waals surface area contributed by atoms with Crippen molar-refractivity contribution < 1.29 is 14.3 Å². The van der Waals surface area contributed by atoms with Gasteiger partial charge in [0.05, 0.1) is 0 Å². The molecule has 5 heteroatoms. The maximum atomic E-state index is 13.3. The first-order chi connectivity index (χ1) is 14.9. The van der Waals surface area contributed by atoms with Crippen LogP contribution in [0.25, 0.3) is 10.9 Å². The van der Waals surface area contributed by atoms with E-state index in [-0.39, 0.29) is 11.5 Å². The summed E-state index contributed by atoms with van der Waals surface area (Å²) in [5.74, 6) is -1.28. The molecule has 1 aromatic heterocycles. The Morgan fingerprint density at radius 2 is 1.68 bits per heavy atom. The molecular weight excluding hydrogens is 391 g/mol. The van der Waals surface area contributed by atoms with Gasteiger partial charge in [-0.3, -0.25) is 0 Å². The first-order valence-corrected chi connectivity index (χ1v) is 10.3. The van der Waals surface area contributed by atoms with Gasteiger partial charge < -0.3 is 15.0 Å². The average Bonchev–Trinajstić information content (AvgIpc) is 3.02. The number of aromatic carboxylic acids is 1. The van der Waals surface area contributed by atoms with Gasteiger partial charge in [-0.05, 0) is 48.7 Å². The lowest BCUT2D eigenvalue weighted by molar-refractivity contribution is 0.0684. The molecule has 0 saturated carbocycles. The van der Waals surface area contributed by atoms with E-state index in [0.717, 1.165) is 33.2 Å². The molecule has 0 amide bonds. The zero-order valence-electron chi connectivity index (χ0n) is 17.7. The van der Waals surface area contributed by atoms with Crippen LogP contribution < -0.4 is 5.32 Å². The van der Waals surface area contributed by atoms with Crippen molar-refractivity contribution in [2.45, 2.75) is 33.5 Å². The van der Waals surface area contributed by atoms with Crippen LogP contribution >= 0.6 is 0 Å². The lowest BCUT2D eigenvalue weighted by Gasteiger charge is -2.10. The van der Waals surface area contributed by atoms with Gasteiger partial charge in [0, 0.05) is 36.1 Å². The van der Waals surface area contributed by atoms with Gasteiger partial charge in [0.25, 0.3) is 0 Å². The van der Waals surface area contributed by atoms with Crippen LogP contribution in [0.4, 0.5) is 4.39 Å². The van der Waals surface area contributed by atoms with Gasteiger partial charge in [-0.1, -0.05) is 54.1 Å². The van der Waals surface area contributed by atoms with Crippen molar-refractivity contribution in [2.75, 3.05) is 0 Å². The summed E-state index contributed by atoms with van der Waals surface area (Å²) in [5, 5.41) is 14.4. The van der Waals surface area contributed by atoms with Crippen LogP contribution in [0.2, 0.25) is 0 Å². The Morgan fingerprint density at radius 3 is 2.39 bits per heavy atom. The van der Waals surface area contributed by atoms with Crippen LogP contribution in [0, 0.1) is 19.7 Å². The maximum absolute atomic E-state index is 13.3. The quantitative estimate of drug-likeness (QED) is 0.422. The summed E-state index contributed by atoms with van der Waals surface area (Å²) in [4.78, 5) is 12.3. The molecule has 0 aliphatic rings. The molecule has 31 heavy (non-hydrogen) atoms. The fraction of sp³-hybridized carbons (Fsp3) is 0.192. The summed E-state index contributed by atoms with van der Waals surface area (Å²) < 4.78 is 15.2. The Bertz CT molecular complexity index is 1240. The zero-order chi connectivity index (χ0) is 22.0. The number of carboxylic acids is 1. The summed E-state index contributed by atoms with van der Waals surface area (Å²) >= 11 is 0. The number of halogens is 1. The number of rotatable bonds is 7. The number of nitrogens with zero attached hydrogens (tertiary/aromatic N) is 1. The number of aryl methyl sites for hydroxylation is 2. The fourth-order valence-corrected chi connectivity index (χ4v) is 4.05. The molecule has 1 heterocycles. The second kappa shape index (κ2) is 8.74. The average molecular weight is 416 g/mol. The number of aromatic nitrogens is 1. The van der Waals surface area contributed by atoms with Crippen molar-refractivity contribution in [2.24, 2.45) is 0 Å². The summed E-state index contributed by atoms with van der Waals surface area (Å²) in [6.07, 6.45) is 0. The minimum absolute atomic E-state index is 0.265. The smallest absolute Gasteiger partial charge is 0.352 e. The van der Waals surface area contributed by atoms with Gasteiger partial charge >= 0.3 is 5.97 Å². The first-order valence-electron chi connectivity index (χ1n) is 10.3. The van der Waals surface area contributed by atoms with E-state index in [9.17, 15) is 14.3 Å². The van der Waals surface area contributed by atoms with E-state index in [1.807, 2.05) is 35.8 Å². The Kier molecular flexibility index (Phi) is 5.87. The van der Waals surface area contributed by atoms with Crippen molar-refractivity contribution in [3.05, 3.63) is 106 Å². The minimum Gasteiger partial charge on any atom is -0.477 e. The van der Waals surface area contributed by atoms with Crippen LogP contribution in [0.5, 0.6) is 0 Å².